The molecule has 6 heteroatoms. The molecule has 3 atom stereocenters. The number of esters is 1. The fourth-order valence-corrected chi connectivity index (χ4v) is 7.35. The van der Waals surface area contributed by atoms with Crippen LogP contribution in [0.3, 0.4) is 0 Å². The quantitative estimate of drug-likeness (QED) is 0.0323. The van der Waals surface area contributed by atoms with Gasteiger partial charge in [0.05, 0.1) is 25.2 Å². The van der Waals surface area contributed by atoms with E-state index in [2.05, 4.69) is 68.6 Å². The Morgan fingerprint density at radius 3 is 1.38 bits per heavy atom. The topological polar surface area (TPSA) is 95.9 Å². The van der Waals surface area contributed by atoms with Gasteiger partial charge in [0.25, 0.3) is 0 Å². The van der Waals surface area contributed by atoms with Gasteiger partial charge in [-0.25, -0.2) is 0 Å². The van der Waals surface area contributed by atoms with Gasteiger partial charge in [-0.05, 0) is 44.9 Å². The fraction of sp³-hybridized carbons (Fsp3) is 0.808. The van der Waals surface area contributed by atoms with Gasteiger partial charge in [-0.15, -0.1) is 0 Å². The van der Waals surface area contributed by atoms with E-state index in [9.17, 15) is 19.8 Å². The highest BCUT2D eigenvalue weighted by atomic mass is 16.5. The SMILES string of the molecule is CCCCC/C=C\C/C=C\C/C=C\C/C=C\CC(CC(=O)NC(CO)C(O)CCCCCCCCCCCCCCCC)OC(=O)CCCCCCCCCCCC. The molecule has 0 aliphatic heterocycles. The smallest absolute Gasteiger partial charge is 0.306 e. The molecule has 0 fully saturated rings. The van der Waals surface area contributed by atoms with Crippen molar-refractivity contribution in [1.82, 2.24) is 5.32 Å². The summed E-state index contributed by atoms with van der Waals surface area (Å²) in [5, 5.41) is 23.7. The Morgan fingerprint density at radius 1 is 0.517 bits per heavy atom. The Kier molecular flexibility index (Phi) is 44.2. The number of aliphatic hydroxyl groups excluding tert-OH is 2. The van der Waals surface area contributed by atoms with Crippen molar-refractivity contribution < 1.29 is 24.5 Å². The Morgan fingerprint density at radius 2 is 0.914 bits per heavy atom. The zero-order valence-electron chi connectivity index (χ0n) is 38.4. The van der Waals surface area contributed by atoms with Crippen LogP contribution < -0.4 is 5.32 Å². The van der Waals surface area contributed by atoms with Crippen molar-refractivity contribution in [3.63, 3.8) is 0 Å². The van der Waals surface area contributed by atoms with Crippen LogP contribution in [0, 0.1) is 0 Å². The van der Waals surface area contributed by atoms with Crippen LogP contribution in [-0.4, -0.2) is 46.9 Å². The highest BCUT2D eigenvalue weighted by molar-refractivity contribution is 5.77. The zero-order chi connectivity index (χ0) is 42.4. The highest BCUT2D eigenvalue weighted by Crippen LogP contribution is 2.16. The van der Waals surface area contributed by atoms with Crippen LogP contribution in [-0.2, 0) is 14.3 Å². The van der Waals surface area contributed by atoms with Crippen molar-refractivity contribution in [3.8, 4) is 0 Å². The van der Waals surface area contributed by atoms with E-state index in [0.29, 0.717) is 19.3 Å². The summed E-state index contributed by atoms with van der Waals surface area (Å²) in [7, 11) is 0. The molecule has 0 saturated heterocycles. The summed E-state index contributed by atoms with van der Waals surface area (Å²) in [6.07, 6.45) is 54.7. The Balaban J connectivity index is 4.68. The molecule has 0 aromatic carbocycles. The van der Waals surface area contributed by atoms with E-state index in [1.54, 1.807) is 0 Å². The lowest BCUT2D eigenvalue weighted by Gasteiger charge is -2.24. The van der Waals surface area contributed by atoms with Crippen molar-refractivity contribution in [2.75, 3.05) is 6.61 Å². The minimum atomic E-state index is -0.808. The number of aliphatic hydroxyl groups is 2. The summed E-state index contributed by atoms with van der Waals surface area (Å²) in [6.45, 7) is 6.42. The second kappa shape index (κ2) is 45.9. The molecule has 0 bridgehead atoms. The van der Waals surface area contributed by atoms with Crippen LogP contribution >= 0.6 is 0 Å². The van der Waals surface area contributed by atoms with Gasteiger partial charge in [-0.1, -0.05) is 230 Å². The van der Waals surface area contributed by atoms with Gasteiger partial charge in [0, 0.05) is 12.8 Å². The van der Waals surface area contributed by atoms with Gasteiger partial charge in [-0.2, -0.15) is 0 Å². The summed E-state index contributed by atoms with van der Waals surface area (Å²) in [5.41, 5.74) is 0. The number of rotatable bonds is 44. The second-order valence-electron chi connectivity index (χ2n) is 16.9. The Labute approximate surface area is 359 Å². The van der Waals surface area contributed by atoms with Crippen molar-refractivity contribution in [3.05, 3.63) is 48.6 Å². The first-order valence-corrected chi connectivity index (χ1v) is 24.9. The van der Waals surface area contributed by atoms with Crippen LogP contribution in [0.15, 0.2) is 48.6 Å². The van der Waals surface area contributed by atoms with E-state index in [-0.39, 0.29) is 24.9 Å². The molecule has 58 heavy (non-hydrogen) atoms. The van der Waals surface area contributed by atoms with Crippen LogP contribution in [0.4, 0.5) is 0 Å². The third kappa shape index (κ3) is 40.6. The fourth-order valence-electron chi connectivity index (χ4n) is 7.35. The summed E-state index contributed by atoms with van der Waals surface area (Å²) in [5.74, 6) is -0.573. The molecule has 6 nitrogen and oxygen atoms in total. The maximum Gasteiger partial charge on any atom is 0.306 e. The summed E-state index contributed by atoms with van der Waals surface area (Å²) in [6, 6.07) is -0.728. The zero-order valence-corrected chi connectivity index (χ0v) is 38.4. The highest BCUT2D eigenvalue weighted by Gasteiger charge is 2.23. The average molecular weight is 814 g/mol. The molecule has 0 spiro atoms. The normalized spacial score (nSPS) is 13.7. The monoisotopic (exact) mass is 814 g/mol. The molecule has 1 amide bonds. The van der Waals surface area contributed by atoms with E-state index in [4.69, 9.17) is 4.74 Å². The molecule has 0 aromatic rings. The largest absolute Gasteiger partial charge is 0.461 e. The van der Waals surface area contributed by atoms with Gasteiger partial charge < -0.3 is 20.3 Å². The number of hydrogen-bond donors (Lipinski definition) is 3. The maximum absolute atomic E-state index is 13.1. The molecule has 0 rings (SSSR count). The number of hydrogen-bond acceptors (Lipinski definition) is 5. The first-order chi connectivity index (χ1) is 28.5. The molecule has 0 heterocycles. The van der Waals surface area contributed by atoms with Gasteiger partial charge in [0.15, 0.2) is 0 Å². The van der Waals surface area contributed by atoms with Gasteiger partial charge in [-0.3, -0.25) is 9.59 Å². The molecule has 0 aliphatic rings. The van der Waals surface area contributed by atoms with Crippen LogP contribution in [0.5, 0.6) is 0 Å². The molecular weight excluding hydrogens is 719 g/mol. The van der Waals surface area contributed by atoms with Gasteiger partial charge >= 0.3 is 5.97 Å². The molecule has 3 N–H and O–H groups in total. The van der Waals surface area contributed by atoms with E-state index in [0.717, 1.165) is 57.8 Å². The van der Waals surface area contributed by atoms with E-state index in [1.165, 1.54) is 141 Å². The van der Waals surface area contributed by atoms with Crippen LogP contribution in [0.25, 0.3) is 0 Å². The molecule has 0 radical (unpaired) electrons. The van der Waals surface area contributed by atoms with E-state index in [1.807, 2.05) is 6.08 Å². The molecule has 0 aromatic heterocycles. The number of carbonyl (C=O) groups is 2. The maximum atomic E-state index is 13.1. The lowest BCUT2D eigenvalue weighted by atomic mass is 10.0. The predicted octanol–water partition coefficient (Wildman–Crippen LogP) is 14.7. The summed E-state index contributed by atoms with van der Waals surface area (Å²) >= 11 is 0. The Hall–Kier alpha value is -2.18. The Bertz CT molecular complexity index is 1000. The number of carbonyl (C=O) groups excluding carboxylic acids is 2. The number of unbranched alkanes of at least 4 members (excludes halogenated alkanes) is 25. The van der Waals surface area contributed by atoms with Crippen LogP contribution in [0.2, 0.25) is 0 Å². The lowest BCUT2D eigenvalue weighted by Crippen LogP contribution is -2.46. The molecule has 338 valence electrons. The third-order valence-electron chi connectivity index (χ3n) is 11.2. The van der Waals surface area contributed by atoms with Gasteiger partial charge in [0.1, 0.15) is 6.10 Å². The molecule has 0 aliphatic carbocycles. The van der Waals surface area contributed by atoms with Crippen molar-refractivity contribution in [2.45, 2.75) is 264 Å². The minimum absolute atomic E-state index is 0.00384. The molecule has 0 saturated carbocycles. The van der Waals surface area contributed by atoms with Crippen molar-refractivity contribution >= 4 is 11.9 Å². The number of ether oxygens (including phenoxy) is 1. The van der Waals surface area contributed by atoms with E-state index < -0.39 is 18.2 Å². The first-order valence-electron chi connectivity index (χ1n) is 24.9. The van der Waals surface area contributed by atoms with E-state index >= 15 is 0 Å². The second-order valence-corrected chi connectivity index (χ2v) is 16.9. The molecule has 3 unspecified atom stereocenters. The number of amides is 1. The standard InChI is InChI=1S/C52H95NO5/c1-4-7-10-13-16-19-22-24-26-27-29-31-34-37-40-43-48(58-52(57)45-42-39-36-33-21-18-15-12-9-6-3)46-51(56)53-49(47-54)50(55)44-41-38-35-32-30-28-25-23-20-17-14-11-8-5-2/h16,19,24,26,29,31,37,40,48-50,54-55H,4-15,17-18,20-23,25,27-28,30,32-36,38-39,41-47H2,1-3H3,(H,53,56)/b19-16-,26-24-,31-29-,40-37-. The van der Waals surface area contributed by atoms with Crippen LogP contribution in [0.1, 0.15) is 245 Å². The number of allylic oxidation sites excluding steroid dienone is 7. The summed E-state index contributed by atoms with van der Waals surface area (Å²) in [4.78, 5) is 26.0. The van der Waals surface area contributed by atoms with Gasteiger partial charge in [0.2, 0.25) is 5.91 Å². The first kappa shape index (κ1) is 55.8. The minimum Gasteiger partial charge on any atom is -0.461 e. The van der Waals surface area contributed by atoms with Crippen molar-refractivity contribution in [1.29, 1.82) is 0 Å². The third-order valence-corrected chi connectivity index (χ3v) is 11.2. The number of nitrogens with one attached hydrogen (secondary N) is 1. The molecular formula is C52H95NO5. The lowest BCUT2D eigenvalue weighted by molar-refractivity contribution is -0.150. The average Bonchev–Trinajstić information content (AvgIpc) is 3.22. The summed E-state index contributed by atoms with van der Waals surface area (Å²) < 4.78 is 5.85. The predicted molar refractivity (Wildman–Crippen MR) is 250 cm³/mol. The van der Waals surface area contributed by atoms with Crippen molar-refractivity contribution in [2.24, 2.45) is 0 Å².